The minimum absolute atomic E-state index is 0.540. The number of nitrogens with zero attached hydrogens (tertiary/aromatic N) is 3. The quantitative estimate of drug-likeness (QED) is 0.656. The molecule has 0 bridgehead atoms. The number of benzene rings is 1. The molecule has 2 rings (SSSR count). The number of para-hydroxylation sites is 1. The van der Waals surface area contributed by atoms with E-state index in [9.17, 15) is 0 Å². The van der Waals surface area contributed by atoms with Crippen molar-refractivity contribution in [3.63, 3.8) is 0 Å². The van der Waals surface area contributed by atoms with Crippen LogP contribution in [0, 0.1) is 0 Å². The molecular weight excluding hydrogens is 342 g/mol. The van der Waals surface area contributed by atoms with E-state index in [1.807, 2.05) is 0 Å². The lowest BCUT2D eigenvalue weighted by atomic mass is 10.3. The molecule has 1 heterocycles. The van der Waals surface area contributed by atoms with E-state index in [-0.39, 0.29) is 0 Å². The maximum absolute atomic E-state index is 4.19. The van der Waals surface area contributed by atoms with E-state index in [1.165, 1.54) is 29.9 Å². The largest absolute Gasteiger partial charge is 0.404 e. The van der Waals surface area contributed by atoms with Crippen LogP contribution in [0.4, 0.5) is 5.69 Å². The van der Waals surface area contributed by atoms with Crippen molar-refractivity contribution in [1.29, 1.82) is 0 Å². The Morgan fingerprint density at radius 1 is 0.833 bits per heavy atom. The van der Waals surface area contributed by atoms with Crippen molar-refractivity contribution in [1.82, 2.24) is 8.46 Å². The molecule has 0 amide bonds. The highest BCUT2D eigenvalue weighted by molar-refractivity contribution is 7.06. The highest BCUT2D eigenvalue weighted by Crippen LogP contribution is 2.42. The Morgan fingerprint density at radius 2 is 1.25 bits per heavy atom. The lowest BCUT2D eigenvalue weighted by Gasteiger charge is -2.65. The molecule has 1 aromatic rings. The van der Waals surface area contributed by atoms with E-state index in [2.05, 4.69) is 96.3 Å². The van der Waals surface area contributed by atoms with Crippen molar-refractivity contribution in [2.24, 2.45) is 0 Å². The molecule has 132 valence electrons. The Hall–Kier alpha value is -1.25. The molecule has 0 N–H and O–H groups in total. The summed E-state index contributed by atoms with van der Waals surface area (Å²) in [6.45, 7) is 18.0. The van der Waals surface area contributed by atoms with Crippen LogP contribution >= 0.6 is 0 Å². The van der Waals surface area contributed by atoms with Crippen LogP contribution in [0.1, 0.15) is 27.7 Å². The topological polar surface area (TPSA) is 9.72 Å². The van der Waals surface area contributed by atoms with Gasteiger partial charge in [0.15, 0.2) is 0 Å². The SMILES string of the molecule is C=CN1[SiH2]N(C=C)[Si](CC)(CC)N(c2ccccc2)[Si]1(CC)CC. The average Bonchev–Trinajstić information content (AvgIpc) is 2.66. The molecule has 1 aromatic carbocycles. The average molecular weight is 376 g/mol. The fourth-order valence-electron chi connectivity index (χ4n) is 4.53. The van der Waals surface area contributed by atoms with Gasteiger partial charge in [-0.05, 0) is 48.7 Å². The standard InChI is InChI=1S/C18H33N3Si3/c1-7-19-22-20(8-2)24(11-5,12-6)21(23(19,9-3)10-4)18-16-14-13-15-17-18/h7-8,13-17H,1-2,9-12,22H2,3-6H3. The van der Waals surface area contributed by atoms with Crippen LogP contribution in [0.3, 0.4) is 0 Å². The monoisotopic (exact) mass is 375 g/mol. The molecule has 0 aromatic heterocycles. The van der Waals surface area contributed by atoms with Gasteiger partial charge in [0.25, 0.3) is 0 Å². The number of hydrogen-bond donors (Lipinski definition) is 0. The molecule has 0 radical (unpaired) electrons. The van der Waals surface area contributed by atoms with Crippen LogP contribution < -0.4 is 4.23 Å². The fourth-order valence-corrected chi connectivity index (χ4v) is 25.0. The molecule has 0 spiro atoms. The third-order valence-electron chi connectivity index (χ3n) is 5.93. The molecule has 0 aliphatic carbocycles. The zero-order valence-electron chi connectivity index (χ0n) is 15.8. The van der Waals surface area contributed by atoms with Gasteiger partial charge in [-0.2, -0.15) is 0 Å². The van der Waals surface area contributed by atoms with Crippen molar-refractivity contribution in [2.75, 3.05) is 4.23 Å². The summed E-state index contributed by atoms with van der Waals surface area (Å²) in [5, 5.41) is 0. The molecule has 1 aliphatic rings. The zero-order chi connectivity index (χ0) is 17.8. The van der Waals surface area contributed by atoms with Crippen molar-refractivity contribution in [3.05, 3.63) is 55.9 Å². The molecule has 6 heteroatoms. The second-order valence-corrected chi connectivity index (χ2v) is 18.7. The molecule has 0 saturated carbocycles. The van der Waals surface area contributed by atoms with Gasteiger partial charge in [-0.15, -0.1) is 0 Å². The van der Waals surface area contributed by atoms with E-state index in [4.69, 9.17) is 0 Å². The Morgan fingerprint density at radius 3 is 1.58 bits per heavy atom. The summed E-state index contributed by atoms with van der Waals surface area (Å²) in [6, 6.07) is 16.1. The Labute approximate surface area is 153 Å². The van der Waals surface area contributed by atoms with Crippen molar-refractivity contribution < 1.29 is 0 Å². The van der Waals surface area contributed by atoms with E-state index >= 15 is 0 Å². The van der Waals surface area contributed by atoms with Crippen molar-refractivity contribution in [3.8, 4) is 0 Å². The first-order chi connectivity index (χ1) is 11.6. The van der Waals surface area contributed by atoms with Gasteiger partial charge >= 0.3 is 0 Å². The van der Waals surface area contributed by atoms with Gasteiger partial charge in [-0.25, -0.2) is 0 Å². The van der Waals surface area contributed by atoms with Gasteiger partial charge in [0.2, 0.25) is 26.6 Å². The van der Waals surface area contributed by atoms with Gasteiger partial charge < -0.3 is 12.7 Å². The van der Waals surface area contributed by atoms with Crippen LogP contribution in [-0.2, 0) is 0 Å². The summed E-state index contributed by atoms with van der Waals surface area (Å²) in [5.74, 6) is 0. The second kappa shape index (κ2) is 7.76. The smallest absolute Gasteiger partial charge is 0.249 e. The predicted octanol–water partition coefficient (Wildman–Crippen LogP) is 4.36. The van der Waals surface area contributed by atoms with Gasteiger partial charge in [0, 0.05) is 5.69 Å². The van der Waals surface area contributed by atoms with E-state index < -0.39 is 26.6 Å². The number of rotatable bonds is 7. The second-order valence-electron chi connectivity index (χ2n) is 6.50. The molecule has 0 unspecified atom stereocenters. The van der Waals surface area contributed by atoms with Crippen LogP contribution in [-0.4, -0.2) is 35.1 Å². The van der Waals surface area contributed by atoms with Crippen molar-refractivity contribution >= 4 is 32.3 Å². The highest BCUT2D eigenvalue weighted by Gasteiger charge is 2.57. The maximum Gasteiger partial charge on any atom is 0.249 e. The summed E-state index contributed by atoms with van der Waals surface area (Å²) in [7, 11) is -4.11. The maximum atomic E-state index is 4.19. The van der Waals surface area contributed by atoms with Crippen LogP contribution in [0.5, 0.6) is 0 Å². The number of hydrogen-bond acceptors (Lipinski definition) is 3. The van der Waals surface area contributed by atoms with E-state index in [0.717, 1.165) is 0 Å². The van der Waals surface area contributed by atoms with Gasteiger partial charge in [0.1, 0.15) is 0 Å². The number of anilines is 1. The van der Waals surface area contributed by atoms with E-state index in [1.54, 1.807) is 0 Å². The Kier molecular flexibility index (Phi) is 6.17. The first-order valence-electron chi connectivity index (χ1n) is 9.24. The van der Waals surface area contributed by atoms with Crippen molar-refractivity contribution in [2.45, 2.75) is 51.9 Å². The van der Waals surface area contributed by atoms with Crippen LogP contribution in [0.2, 0.25) is 24.2 Å². The minimum atomic E-state index is -1.78. The van der Waals surface area contributed by atoms with E-state index in [0.29, 0.717) is 0 Å². The van der Waals surface area contributed by atoms with Gasteiger partial charge in [-0.1, -0.05) is 59.1 Å². The summed E-state index contributed by atoms with van der Waals surface area (Å²) < 4.78 is 8.33. The minimum Gasteiger partial charge on any atom is -0.404 e. The molecule has 1 fully saturated rings. The first kappa shape index (κ1) is 19.1. The first-order valence-corrected chi connectivity index (χ1v) is 15.1. The summed E-state index contributed by atoms with van der Waals surface area (Å²) in [6.07, 6.45) is 4.28. The fraction of sp³-hybridized carbons (Fsp3) is 0.444. The Bertz CT molecular complexity index is 526. The molecule has 3 nitrogen and oxygen atoms in total. The third kappa shape index (κ3) is 2.70. The highest BCUT2D eigenvalue weighted by atomic mass is 28.5. The summed E-state index contributed by atoms with van der Waals surface area (Å²) in [5.41, 5.74) is 1.41. The molecule has 1 aliphatic heterocycles. The van der Waals surface area contributed by atoms with Crippen LogP contribution in [0.15, 0.2) is 55.9 Å². The Balaban J connectivity index is 2.76. The predicted molar refractivity (Wildman–Crippen MR) is 115 cm³/mol. The lowest BCUT2D eigenvalue weighted by Crippen LogP contribution is -2.84. The molecule has 1 saturated heterocycles. The van der Waals surface area contributed by atoms with Gasteiger partial charge in [-0.3, -0.25) is 0 Å². The molecular formula is C18H33N3Si3. The molecule has 0 atom stereocenters. The third-order valence-corrected chi connectivity index (χ3v) is 23.1. The van der Waals surface area contributed by atoms with Gasteiger partial charge in [0.05, 0.1) is 0 Å². The summed E-state index contributed by atoms with van der Waals surface area (Å²) in [4.78, 5) is 0. The molecule has 24 heavy (non-hydrogen) atoms. The van der Waals surface area contributed by atoms with Crippen LogP contribution in [0.25, 0.3) is 0 Å². The lowest BCUT2D eigenvalue weighted by molar-refractivity contribution is 0.683. The zero-order valence-corrected chi connectivity index (χ0v) is 19.2. The summed E-state index contributed by atoms with van der Waals surface area (Å²) >= 11 is 0. The normalized spacial score (nSPS) is 19.2.